The molecule has 5 nitrogen and oxygen atoms in total. The first kappa shape index (κ1) is 20.0. The van der Waals surface area contributed by atoms with Crippen molar-refractivity contribution >= 4 is 5.91 Å². The SMILES string of the molecule is COc1ccc(C(=O)N2CCc3c(nn(C)c3-c3cc(F)c(F)c(F)c3)[C@@H]2C)cc1. The average molecular weight is 415 g/mol. The van der Waals surface area contributed by atoms with Crippen LogP contribution in [0.2, 0.25) is 0 Å². The Kier molecular flexibility index (Phi) is 5.01. The molecule has 1 aliphatic rings. The minimum absolute atomic E-state index is 0.137. The van der Waals surface area contributed by atoms with Crippen LogP contribution in [0.3, 0.4) is 0 Å². The second kappa shape index (κ2) is 7.51. The lowest BCUT2D eigenvalue weighted by molar-refractivity contribution is 0.0673. The molecule has 0 radical (unpaired) electrons. The fourth-order valence-electron chi connectivity index (χ4n) is 3.97. The van der Waals surface area contributed by atoms with Crippen molar-refractivity contribution in [1.29, 1.82) is 0 Å². The summed E-state index contributed by atoms with van der Waals surface area (Å²) in [5, 5.41) is 4.51. The quantitative estimate of drug-likeness (QED) is 0.600. The second-order valence-electron chi connectivity index (χ2n) is 7.24. The number of rotatable bonds is 3. The standard InChI is InChI=1S/C22H20F3N3O2/c1-12-20-16(8-9-28(12)22(29)13-4-6-15(30-3)7-5-13)21(27(2)26-20)14-10-17(23)19(25)18(24)11-14/h4-7,10-12H,8-9H2,1-3H3/t12-/m0/s1. The van der Waals surface area contributed by atoms with Crippen LogP contribution in [0, 0.1) is 17.5 Å². The van der Waals surface area contributed by atoms with Gasteiger partial charge in [-0.3, -0.25) is 9.48 Å². The molecule has 0 N–H and O–H groups in total. The molecular formula is C22H20F3N3O2. The molecule has 8 heteroatoms. The third kappa shape index (κ3) is 3.22. The van der Waals surface area contributed by atoms with E-state index in [9.17, 15) is 18.0 Å². The predicted molar refractivity (Wildman–Crippen MR) is 105 cm³/mol. The normalized spacial score (nSPS) is 15.8. The molecule has 1 amide bonds. The van der Waals surface area contributed by atoms with Gasteiger partial charge in [-0.2, -0.15) is 5.10 Å². The van der Waals surface area contributed by atoms with E-state index in [2.05, 4.69) is 5.10 Å². The first-order valence-electron chi connectivity index (χ1n) is 9.47. The zero-order chi connectivity index (χ0) is 21.6. The van der Waals surface area contributed by atoms with Gasteiger partial charge in [0.15, 0.2) is 17.5 Å². The number of hydrogen-bond acceptors (Lipinski definition) is 3. The van der Waals surface area contributed by atoms with Crippen LogP contribution in [0.4, 0.5) is 13.2 Å². The van der Waals surface area contributed by atoms with Crippen molar-refractivity contribution in [1.82, 2.24) is 14.7 Å². The minimum Gasteiger partial charge on any atom is -0.497 e. The Bertz CT molecular complexity index is 1100. The molecule has 4 rings (SSSR count). The molecule has 0 spiro atoms. The zero-order valence-corrected chi connectivity index (χ0v) is 16.7. The summed E-state index contributed by atoms with van der Waals surface area (Å²) in [5.41, 5.74) is 2.72. The van der Waals surface area contributed by atoms with Gasteiger partial charge >= 0.3 is 0 Å². The maximum Gasteiger partial charge on any atom is 0.254 e. The van der Waals surface area contributed by atoms with Crippen molar-refractivity contribution in [3.8, 4) is 17.0 Å². The molecule has 1 atom stereocenters. The molecule has 0 unspecified atom stereocenters. The summed E-state index contributed by atoms with van der Waals surface area (Å²) in [6.45, 7) is 2.28. The number of methoxy groups -OCH3 is 1. The van der Waals surface area contributed by atoms with E-state index in [0.29, 0.717) is 35.7 Å². The Hall–Kier alpha value is -3.29. The second-order valence-corrected chi connectivity index (χ2v) is 7.24. The van der Waals surface area contributed by atoms with E-state index in [1.807, 2.05) is 6.92 Å². The van der Waals surface area contributed by atoms with Crippen LogP contribution in [-0.2, 0) is 13.5 Å². The number of carbonyl (C=O) groups excluding carboxylic acids is 1. The highest BCUT2D eigenvalue weighted by molar-refractivity contribution is 5.94. The first-order chi connectivity index (χ1) is 14.3. The predicted octanol–water partition coefficient (Wildman–Crippen LogP) is 4.27. The lowest BCUT2D eigenvalue weighted by atomic mass is 9.95. The molecule has 0 fully saturated rings. The van der Waals surface area contributed by atoms with Crippen LogP contribution in [0.5, 0.6) is 5.75 Å². The Labute approximate surface area is 171 Å². The molecule has 0 saturated heterocycles. The van der Waals surface area contributed by atoms with Gasteiger partial charge in [0.25, 0.3) is 5.91 Å². The Balaban J connectivity index is 1.69. The molecule has 0 aliphatic carbocycles. The summed E-state index contributed by atoms with van der Waals surface area (Å²) in [6, 6.07) is 8.46. The van der Waals surface area contributed by atoms with Gasteiger partial charge in [0.1, 0.15) is 5.75 Å². The summed E-state index contributed by atoms with van der Waals surface area (Å²) < 4.78 is 47.6. The molecule has 30 heavy (non-hydrogen) atoms. The molecule has 0 bridgehead atoms. The van der Waals surface area contributed by atoms with Crippen molar-refractivity contribution in [2.45, 2.75) is 19.4 Å². The van der Waals surface area contributed by atoms with E-state index < -0.39 is 17.5 Å². The summed E-state index contributed by atoms with van der Waals surface area (Å²) in [7, 11) is 3.22. The summed E-state index contributed by atoms with van der Waals surface area (Å²) >= 11 is 0. The highest BCUT2D eigenvalue weighted by atomic mass is 19.2. The minimum atomic E-state index is -1.50. The monoisotopic (exact) mass is 415 g/mol. The van der Waals surface area contributed by atoms with E-state index >= 15 is 0 Å². The fourth-order valence-corrected chi connectivity index (χ4v) is 3.97. The van der Waals surface area contributed by atoms with Crippen molar-refractivity contribution in [3.63, 3.8) is 0 Å². The lowest BCUT2D eigenvalue weighted by Crippen LogP contribution is -2.38. The van der Waals surface area contributed by atoms with Gasteiger partial charge in [0, 0.05) is 30.3 Å². The number of ether oxygens (including phenoxy) is 1. The fraction of sp³-hybridized carbons (Fsp3) is 0.273. The van der Waals surface area contributed by atoms with Crippen molar-refractivity contribution in [2.75, 3.05) is 13.7 Å². The molecule has 156 valence electrons. The number of carbonyl (C=O) groups is 1. The van der Waals surface area contributed by atoms with Crippen LogP contribution >= 0.6 is 0 Å². The molecule has 1 aliphatic heterocycles. The third-order valence-electron chi connectivity index (χ3n) is 5.50. The number of benzene rings is 2. The largest absolute Gasteiger partial charge is 0.497 e. The Morgan fingerprint density at radius 1 is 1.13 bits per heavy atom. The number of fused-ring (bicyclic) bond motifs is 1. The number of nitrogens with zero attached hydrogens (tertiary/aromatic N) is 3. The molecule has 3 aromatic rings. The highest BCUT2D eigenvalue weighted by Crippen LogP contribution is 2.36. The first-order valence-corrected chi connectivity index (χ1v) is 9.47. The van der Waals surface area contributed by atoms with Crippen LogP contribution < -0.4 is 4.74 Å². The van der Waals surface area contributed by atoms with E-state index in [1.54, 1.807) is 43.3 Å². The molecular weight excluding hydrogens is 395 g/mol. The van der Waals surface area contributed by atoms with Crippen molar-refractivity contribution in [3.05, 3.63) is 70.7 Å². The number of aryl methyl sites for hydroxylation is 1. The van der Waals surface area contributed by atoms with Gasteiger partial charge in [-0.05, 0) is 49.7 Å². The maximum absolute atomic E-state index is 13.8. The Morgan fingerprint density at radius 2 is 1.77 bits per heavy atom. The number of hydrogen-bond donors (Lipinski definition) is 0. The van der Waals surface area contributed by atoms with Gasteiger partial charge in [0.05, 0.1) is 24.5 Å². The lowest BCUT2D eigenvalue weighted by Gasteiger charge is -2.33. The van der Waals surface area contributed by atoms with E-state index in [-0.39, 0.29) is 17.5 Å². The highest BCUT2D eigenvalue weighted by Gasteiger charge is 2.33. The smallest absolute Gasteiger partial charge is 0.254 e. The number of amides is 1. The number of halogens is 3. The molecule has 1 aromatic heterocycles. The summed E-state index contributed by atoms with van der Waals surface area (Å²) in [6.07, 6.45) is 0.464. The van der Waals surface area contributed by atoms with E-state index in [1.165, 1.54) is 4.68 Å². The molecule has 0 saturated carbocycles. The van der Waals surface area contributed by atoms with Crippen LogP contribution in [-0.4, -0.2) is 34.2 Å². The van der Waals surface area contributed by atoms with Gasteiger partial charge in [-0.1, -0.05) is 0 Å². The van der Waals surface area contributed by atoms with E-state index in [0.717, 1.165) is 17.7 Å². The van der Waals surface area contributed by atoms with Crippen LogP contribution in [0.1, 0.15) is 34.6 Å². The van der Waals surface area contributed by atoms with Gasteiger partial charge in [-0.15, -0.1) is 0 Å². The maximum atomic E-state index is 13.8. The van der Waals surface area contributed by atoms with Gasteiger partial charge in [-0.25, -0.2) is 13.2 Å². The average Bonchev–Trinajstić information content (AvgIpc) is 3.08. The Morgan fingerprint density at radius 3 is 2.37 bits per heavy atom. The van der Waals surface area contributed by atoms with Crippen LogP contribution in [0.25, 0.3) is 11.3 Å². The summed E-state index contributed by atoms with van der Waals surface area (Å²) in [4.78, 5) is 14.7. The molecule has 2 heterocycles. The third-order valence-corrected chi connectivity index (χ3v) is 5.50. The van der Waals surface area contributed by atoms with Gasteiger partial charge < -0.3 is 9.64 Å². The topological polar surface area (TPSA) is 47.4 Å². The van der Waals surface area contributed by atoms with Gasteiger partial charge in [0.2, 0.25) is 0 Å². The van der Waals surface area contributed by atoms with E-state index in [4.69, 9.17) is 4.74 Å². The molecule has 2 aromatic carbocycles. The van der Waals surface area contributed by atoms with Crippen LogP contribution in [0.15, 0.2) is 36.4 Å². The zero-order valence-electron chi connectivity index (χ0n) is 16.7. The summed E-state index contributed by atoms with van der Waals surface area (Å²) in [5.74, 6) is -3.48. The van der Waals surface area contributed by atoms with Crippen molar-refractivity contribution < 1.29 is 22.7 Å². The van der Waals surface area contributed by atoms with Crippen molar-refractivity contribution in [2.24, 2.45) is 7.05 Å². The number of aromatic nitrogens is 2.